The van der Waals surface area contributed by atoms with Crippen LogP contribution >= 0.6 is 11.6 Å². The molecular weight excluding hydrogens is 494 g/mol. The molecule has 8 heteroatoms. The summed E-state index contributed by atoms with van der Waals surface area (Å²) in [6.07, 6.45) is 0.366. The lowest BCUT2D eigenvalue weighted by Crippen LogP contribution is -2.43. The molecule has 0 amide bonds. The Morgan fingerprint density at radius 2 is 1.70 bits per heavy atom. The first kappa shape index (κ1) is 26.5. The van der Waals surface area contributed by atoms with Crippen molar-refractivity contribution in [1.29, 1.82) is 0 Å². The Morgan fingerprint density at radius 3 is 2.32 bits per heavy atom. The number of hydrogen-bond donors (Lipinski definition) is 1. The predicted octanol–water partition coefficient (Wildman–Crippen LogP) is 5.06. The number of ether oxygens (including phenoxy) is 3. The van der Waals surface area contributed by atoms with E-state index in [1.54, 1.807) is 64.3 Å². The molecule has 4 rings (SSSR count). The minimum Gasteiger partial charge on any atom is -0.497 e. The smallest absolute Gasteiger partial charge is 0.336 e. The third-order valence-corrected chi connectivity index (χ3v) is 7.16. The highest BCUT2D eigenvalue weighted by Gasteiger charge is 2.49. The van der Waals surface area contributed by atoms with Crippen molar-refractivity contribution < 1.29 is 28.6 Å². The second-order valence-electron chi connectivity index (χ2n) is 8.91. The molecule has 0 bridgehead atoms. The van der Waals surface area contributed by atoms with Crippen molar-refractivity contribution >= 4 is 29.3 Å². The molecule has 7 nitrogen and oxygen atoms in total. The number of esters is 2. The van der Waals surface area contributed by atoms with Gasteiger partial charge in [0.05, 0.1) is 25.9 Å². The van der Waals surface area contributed by atoms with Crippen LogP contribution in [0.4, 0.5) is 0 Å². The number of benzene rings is 2. The molecule has 0 saturated heterocycles. The van der Waals surface area contributed by atoms with E-state index in [9.17, 15) is 14.4 Å². The molecule has 0 spiro atoms. The van der Waals surface area contributed by atoms with E-state index in [0.29, 0.717) is 45.3 Å². The van der Waals surface area contributed by atoms with Gasteiger partial charge in [-0.25, -0.2) is 4.79 Å². The van der Waals surface area contributed by atoms with Gasteiger partial charge < -0.3 is 19.5 Å². The minimum atomic E-state index is -1.08. The van der Waals surface area contributed by atoms with Crippen molar-refractivity contribution in [2.45, 2.75) is 39.0 Å². The summed E-state index contributed by atoms with van der Waals surface area (Å²) in [5, 5.41) is 3.70. The van der Waals surface area contributed by atoms with E-state index in [4.69, 9.17) is 25.8 Å². The molecule has 0 radical (unpaired) electrons. The van der Waals surface area contributed by atoms with Crippen LogP contribution in [0.1, 0.15) is 50.2 Å². The Morgan fingerprint density at radius 1 is 1.03 bits per heavy atom. The third kappa shape index (κ3) is 5.01. The molecule has 2 aliphatic rings. The number of ketones is 1. The van der Waals surface area contributed by atoms with Gasteiger partial charge in [-0.1, -0.05) is 41.9 Å². The van der Waals surface area contributed by atoms with Crippen molar-refractivity contribution in [1.82, 2.24) is 5.32 Å². The summed E-state index contributed by atoms with van der Waals surface area (Å²) in [6.45, 7) is 5.53. The molecule has 1 aliphatic carbocycles. The van der Waals surface area contributed by atoms with Gasteiger partial charge in [-0.15, -0.1) is 0 Å². The summed E-state index contributed by atoms with van der Waals surface area (Å²) < 4.78 is 16.0. The fraction of sp³-hybridized carbons (Fsp3) is 0.345. The van der Waals surface area contributed by atoms with Crippen LogP contribution in [0.15, 0.2) is 71.1 Å². The maximum atomic E-state index is 14.3. The molecule has 1 aliphatic heterocycles. The number of dihydropyridines is 1. The summed E-state index contributed by atoms with van der Waals surface area (Å²) >= 11 is 6.60. The highest BCUT2D eigenvalue weighted by Crippen LogP contribution is 2.49. The van der Waals surface area contributed by atoms with Crippen LogP contribution in [-0.2, 0) is 23.9 Å². The predicted molar refractivity (Wildman–Crippen MR) is 139 cm³/mol. The van der Waals surface area contributed by atoms with Gasteiger partial charge in [-0.05, 0) is 56.5 Å². The van der Waals surface area contributed by atoms with Gasteiger partial charge in [0, 0.05) is 33.8 Å². The Kier molecular flexibility index (Phi) is 8.03. The molecule has 3 atom stereocenters. The zero-order valence-corrected chi connectivity index (χ0v) is 22.1. The Bertz CT molecular complexity index is 1280. The number of halogens is 1. The number of Topliss-reactive ketones (excluding diaryl/α,β-unsaturated/α-hetero) is 1. The Hall–Kier alpha value is -3.58. The number of carbonyl (C=O) groups is 3. The van der Waals surface area contributed by atoms with Crippen LogP contribution in [0.25, 0.3) is 0 Å². The SMILES string of the molecule is CCOC(=O)C1=C(C)NC2=C(C(=O)[C@@H](C(=O)OCC)[C@@H](c3ccc(OC)cc3)C2)[C@@H]1c1ccccc1Cl. The summed E-state index contributed by atoms with van der Waals surface area (Å²) in [4.78, 5) is 40.7. The van der Waals surface area contributed by atoms with Crippen molar-refractivity contribution in [2.75, 3.05) is 20.3 Å². The molecule has 194 valence electrons. The summed E-state index contributed by atoms with van der Waals surface area (Å²) in [5.41, 5.74) is 3.28. The normalized spacial score (nSPS) is 21.2. The van der Waals surface area contributed by atoms with Gasteiger partial charge in [0.1, 0.15) is 11.7 Å². The first-order valence-electron chi connectivity index (χ1n) is 12.3. The van der Waals surface area contributed by atoms with Crippen molar-refractivity contribution in [3.05, 3.63) is 87.2 Å². The standard InChI is InChI=1S/C29H30ClNO6/c1-5-36-28(33)23-16(3)31-22-15-20(17-11-13-18(35-4)14-12-17)25(29(34)37-6-2)27(32)26(22)24(23)19-9-7-8-10-21(19)30/h7-14,20,24-25,31H,5-6,15H2,1-4H3/t20-,24-,25+/m1/s1. The lowest BCUT2D eigenvalue weighted by Gasteiger charge is -2.39. The van der Waals surface area contributed by atoms with Gasteiger partial charge in [0.2, 0.25) is 0 Å². The topological polar surface area (TPSA) is 90.9 Å². The molecule has 2 aromatic rings. The number of methoxy groups -OCH3 is 1. The zero-order chi connectivity index (χ0) is 26.7. The lowest BCUT2D eigenvalue weighted by molar-refractivity contribution is -0.152. The average Bonchev–Trinajstić information content (AvgIpc) is 2.88. The van der Waals surface area contributed by atoms with E-state index in [2.05, 4.69) is 5.32 Å². The van der Waals surface area contributed by atoms with Crippen molar-refractivity contribution in [2.24, 2.45) is 5.92 Å². The highest BCUT2D eigenvalue weighted by molar-refractivity contribution is 6.31. The van der Waals surface area contributed by atoms with E-state index < -0.39 is 35.5 Å². The Balaban J connectivity index is 1.90. The van der Waals surface area contributed by atoms with Crippen LogP contribution in [0.3, 0.4) is 0 Å². The fourth-order valence-corrected chi connectivity index (χ4v) is 5.45. The number of rotatable bonds is 7. The van der Waals surface area contributed by atoms with Crippen LogP contribution in [0.2, 0.25) is 5.02 Å². The lowest BCUT2D eigenvalue weighted by atomic mass is 9.67. The molecule has 0 aromatic heterocycles. The molecule has 0 unspecified atom stereocenters. The first-order valence-corrected chi connectivity index (χ1v) is 12.7. The first-order chi connectivity index (χ1) is 17.8. The fourth-order valence-electron chi connectivity index (χ4n) is 5.20. The van der Waals surface area contributed by atoms with E-state index >= 15 is 0 Å². The van der Waals surface area contributed by atoms with Gasteiger partial charge in [0.25, 0.3) is 0 Å². The van der Waals surface area contributed by atoms with Gasteiger partial charge in [0.15, 0.2) is 5.78 Å². The molecule has 2 aromatic carbocycles. The molecule has 0 fully saturated rings. The Labute approximate surface area is 221 Å². The third-order valence-electron chi connectivity index (χ3n) is 6.82. The summed E-state index contributed by atoms with van der Waals surface area (Å²) in [7, 11) is 1.58. The maximum absolute atomic E-state index is 14.3. The second-order valence-corrected chi connectivity index (χ2v) is 9.32. The van der Waals surface area contributed by atoms with E-state index in [1.807, 2.05) is 12.1 Å². The molecule has 1 heterocycles. The molecular formula is C29H30ClNO6. The van der Waals surface area contributed by atoms with E-state index in [1.165, 1.54) is 0 Å². The minimum absolute atomic E-state index is 0.142. The van der Waals surface area contributed by atoms with E-state index in [-0.39, 0.29) is 13.2 Å². The molecule has 1 N–H and O–H groups in total. The zero-order valence-electron chi connectivity index (χ0n) is 21.3. The van der Waals surface area contributed by atoms with Crippen molar-refractivity contribution in [3.8, 4) is 5.75 Å². The second kappa shape index (κ2) is 11.2. The van der Waals surface area contributed by atoms with Crippen LogP contribution in [0.5, 0.6) is 5.75 Å². The van der Waals surface area contributed by atoms with Crippen molar-refractivity contribution in [3.63, 3.8) is 0 Å². The van der Waals surface area contributed by atoms with Gasteiger partial charge in [-0.2, -0.15) is 0 Å². The van der Waals surface area contributed by atoms with Crippen LogP contribution in [-0.4, -0.2) is 38.0 Å². The quantitative estimate of drug-likeness (QED) is 0.400. The monoisotopic (exact) mass is 523 g/mol. The molecule has 37 heavy (non-hydrogen) atoms. The van der Waals surface area contributed by atoms with E-state index in [0.717, 1.165) is 5.56 Å². The number of allylic oxidation sites excluding steroid dienone is 3. The molecule has 0 saturated carbocycles. The number of carbonyl (C=O) groups excluding carboxylic acids is 3. The van der Waals surface area contributed by atoms with Crippen LogP contribution in [0, 0.1) is 5.92 Å². The maximum Gasteiger partial charge on any atom is 0.336 e. The summed E-state index contributed by atoms with van der Waals surface area (Å²) in [5.74, 6) is -3.19. The van der Waals surface area contributed by atoms with Gasteiger partial charge >= 0.3 is 11.9 Å². The summed E-state index contributed by atoms with van der Waals surface area (Å²) in [6, 6.07) is 14.4. The highest BCUT2D eigenvalue weighted by atomic mass is 35.5. The van der Waals surface area contributed by atoms with Crippen LogP contribution < -0.4 is 10.1 Å². The average molecular weight is 524 g/mol. The number of hydrogen-bond acceptors (Lipinski definition) is 7. The van der Waals surface area contributed by atoms with Gasteiger partial charge in [-0.3, -0.25) is 9.59 Å². The number of nitrogens with one attached hydrogen (secondary N) is 1. The largest absolute Gasteiger partial charge is 0.497 e.